The summed E-state index contributed by atoms with van der Waals surface area (Å²) in [7, 11) is 0. The van der Waals surface area contributed by atoms with Gasteiger partial charge in [-0.1, -0.05) is 43.1 Å². The molecule has 3 aromatic rings. The number of nitrogens with one attached hydrogen (secondary N) is 1. The van der Waals surface area contributed by atoms with E-state index in [9.17, 15) is 9.90 Å². The van der Waals surface area contributed by atoms with Crippen molar-refractivity contribution < 1.29 is 9.90 Å². The van der Waals surface area contributed by atoms with Gasteiger partial charge in [0.25, 0.3) is 0 Å². The molecule has 0 spiro atoms. The molecule has 2 aliphatic rings. The molecule has 1 heterocycles. The van der Waals surface area contributed by atoms with Crippen LogP contribution in [0.2, 0.25) is 10.0 Å². The first-order chi connectivity index (χ1) is 16.8. The molecule has 0 saturated heterocycles. The van der Waals surface area contributed by atoms with Crippen molar-refractivity contribution in [1.82, 2.24) is 4.98 Å². The second-order valence-electron chi connectivity index (χ2n) is 10.7. The Morgan fingerprint density at radius 2 is 1.71 bits per heavy atom. The number of hydrogen-bond acceptors (Lipinski definition) is 4. The molecule has 2 aromatic carbocycles. The third-order valence-electron chi connectivity index (χ3n) is 7.43. The minimum Gasteiger partial charge on any atom is -0.505 e. The van der Waals surface area contributed by atoms with Gasteiger partial charge in [-0.2, -0.15) is 0 Å². The van der Waals surface area contributed by atoms with Gasteiger partial charge in [0.1, 0.15) is 0 Å². The Balaban J connectivity index is 1.52. The van der Waals surface area contributed by atoms with Gasteiger partial charge >= 0.3 is 0 Å². The van der Waals surface area contributed by atoms with E-state index in [0.29, 0.717) is 11.6 Å². The normalized spacial score (nSPS) is 20.4. The van der Waals surface area contributed by atoms with Crippen molar-refractivity contribution in [2.24, 2.45) is 17.8 Å². The lowest BCUT2D eigenvalue weighted by Gasteiger charge is -2.31. The van der Waals surface area contributed by atoms with Gasteiger partial charge in [0.15, 0.2) is 11.5 Å². The van der Waals surface area contributed by atoms with Gasteiger partial charge in [0, 0.05) is 23.5 Å². The van der Waals surface area contributed by atoms with Crippen molar-refractivity contribution in [1.29, 1.82) is 0 Å². The van der Waals surface area contributed by atoms with Crippen LogP contribution in [0.5, 0.6) is 5.75 Å². The van der Waals surface area contributed by atoms with Gasteiger partial charge in [-0.3, -0.25) is 9.78 Å². The Labute approximate surface area is 217 Å². The summed E-state index contributed by atoms with van der Waals surface area (Å²) in [6.07, 6.45) is 9.63. The van der Waals surface area contributed by atoms with Crippen LogP contribution in [0.15, 0.2) is 36.5 Å². The number of aromatic hydroxyl groups is 1. The van der Waals surface area contributed by atoms with Gasteiger partial charge in [-0.25, -0.2) is 0 Å². The summed E-state index contributed by atoms with van der Waals surface area (Å²) >= 11 is 12.4. The second-order valence-corrected chi connectivity index (χ2v) is 11.5. The number of hydrogen-bond donors (Lipinski definition) is 2. The molecule has 1 aromatic heterocycles. The number of ketones is 1. The molecule has 2 saturated carbocycles. The van der Waals surface area contributed by atoms with E-state index in [1.165, 1.54) is 19.3 Å². The molecule has 2 aliphatic carbocycles. The number of rotatable bonds is 7. The van der Waals surface area contributed by atoms with E-state index in [-0.39, 0.29) is 27.5 Å². The van der Waals surface area contributed by atoms with Gasteiger partial charge in [-0.05, 0) is 92.2 Å². The topological polar surface area (TPSA) is 62.2 Å². The summed E-state index contributed by atoms with van der Waals surface area (Å²) in [5.74, 6) is 1.72. The molecular formula is C29H32Cl2N2O2. The first-order valence-electron chi connectivity index (χ1n) is 12.7. The van der Waals surface area contributed by atoms with E-state index < -0.39 is 0 Å². The Hall–Kier alpha value is -2.30. The number of halogens is 2. The first-order valence-corrected chi connectivity index (χ1v) is 13.5. The summed E-state index contributed by atoms with van der Waals surface area (Å²) in [5.41, 5.74) is 4.15. The number of benzene rings is 2. The summed E-state index contributed by atoms with van der Waals surface area (Å²) < 4.78 is 0. The summed E-state index contributed by atoms with van der Waals surface area (Å²) in [6.45, 7) is 4.60. The third kappa shape index (κ3) is 5.29. The first kappa shape index (κ1) is 24.4. The lowest BCUT2D eigenvalue weighted by molar-refractivity contribution is 0.0968. The minimum absolute atomic E-state index is 0.118. The number of pyridine rings is 1. The molecule has 2 fully saturated rings. The molecule has 0 atom stereocenters. The van der Waals surface area contributed by atoms with Gasteiger partial charge < -0.3 is 10.4 Å². The van der Waals surface area contributed by atoms with E-state index in [0.717, 1.165) is 65.2 Å². The molecule has 0 radical (unpaired) electrons. The van der Waals surface area contributed by atoms with Crippen molar-refractivity contribution in [2.75, 3.05) is 5.32 Å². The van der Waals surface area contributed by atoms with Crippen molar-refractivity contribution >= 4 is 45.6 Å². The van der Waals surface area contributed by atoms with Crippen molar-refractivity contribution in [3.63, 3.8) is 0 Å². The van der Waals surface area contributed by atoms with Crippen LogP contribution < -0.4 is 5.32 Å². The fraction of sp³-hybridized carbons (Fsp3) is 0.448. The van der Waals surface area contributed by atoms with E-state index >= 15 is 0 Å². The largest absolute Gasteiger partial charge is 0.505 e. The Bertz CT molecular complexity index is 1240. The van der Waals surface area contributed by atoms with E-state index in [4.69, 9.17) is 23.2 Å². The third-order valence-corrected chi connectivity index (χ3v) is 8.01. The number of anilines is 1. The maximum atomic E-state index is 13.2. The number of phenolic OH excluding ortho intramolecular Hbond substituents is 1. The number of carbonyl (C=O) groups is 1. The summed E-state index contributed by atoms with van der Waals surface area (Å²) in [6, 6.07) is 9.75. The number of aromatic nitrogens is 1. The molecule has 6 heteroatoms. The molecule has 0 amide bonds. The average molecular weight is 511 g/mol. The molecule has 2 N–H and O–H groups in total. The fourth-order valence-corrected chi connectivity index (χ4v) is 5.91. The highest BCUT2D eigenvalue weighted by Gasteiger charge is 2.33. The van der Waals surface area contributed by atoms with Gasteiger partial charge in [0.05, 0.1) is 26.8 Å². The molecule has 184 valence electrons. The second kappa shape index (κ2) is 9.99. The maximum Gasteiger partial charge on any atom is 0.169 e. The van der Waals surface area contributed by atoms with Crippen LogP contribution in [0.1, 0.15) is 69.2 Å². The number of phenols is 1. The zero-order chi connectivity index (χ0) is 24.7. The lowest BCUT2D eigenvalue weighted by Crippen LogP contribution is -2.27. The molecule has 0 bridgehead atoms. The SMILES string of the molecule is CC(C)CC1CCC(Nc2c(C(=O)C3CC3)cnc3ccc(-c4cc(Cl)c(O)c(Cl)c4)cc23)CC1. The van der Waals surface area contributed by atoms with Crippen LogP contribution in [0, 0.1) is 17.8 Å². The minimum atomic E-state index is -0.118. The zero-order valence-electron chi connectivity index (χ0n) is 20.3. The van der Waals surface area contributed by atoms with Crippen LogP contribution in [-0.2, 0) is 0 Å². The van der Waals surface area contributed by atoms with E-state index in [1.807, 2.05) is 12.1 Å². The smallest absolute Gasteiger partial charge is 0.169 e. The van der Waals surface area contributed by atoms with E-state index in [1.54, 1.807) is 18.3 Å². The summed E-state index contributed by atoms with van der Waals surface area (Å²) in [5, 5.41) is 15.1. The van der Waals surface area contributed by atoms with Crippen LogP contribution >= 0.6 is 23.2 Å². The van der Waals surface area contributed by atoms with Gasteiger partial charge in [-0.15, -0.1) is 0 Å². The van der Waals surface area contributed by atoms with Crippen molar-refractivity contribution in [3.05, 3.63) is 52.1 Å². The quantitative estimate of drug-likeness (QED) is 0.312. The van der Waals surface area contributed by atoms with E-state index in [2.05, 4.69) is 30.2 Å². The predicted molar refractivity (Wildman–Crippen MR) is 145 cm³/mol. The molecule has 35 heavy (non-hydrogen) atoms. The highest BCUT2D eigenvalue weighted by atomic mass is 35.5. The average Bonchev–Trinajstić information content (AvgIpc) is 3.68. The lowest BCUT2D eigenvalue weighted by atomic mass is 9.81. The zero-order valence-corrected chi connectivity index (χ0v) is 21.8. The fourth-order valence-electron chi connectivity index (χ4n) is 5.43. The van der Waals surface area contributed by atoms with Crippen molar-refractivity contribution in [2.45, 2.75) is 64.8 Å². The molecule has 4 nitrogen and oxygen atoms in total. The van der Waals surface area contributed by atoms with Crippen molar-refractivity contribution in [3.8, 4) is 16.9 Å². The van der Waals surface area contributed by atoms with Gasteiger partial charge in [0.2, 0.25) is 0 Å². The number of carbonyl (C=O) groups excluding carboxylic acids is 1. The monoisotopic (exact) mass is 510 g/mol. The standard InChI is InChI=1S/C29H32Cl2N2O2/c1-16(2)11-17-3-8-21(9-4-17)33-27-22-12-19(20-13-24(30)29(35)25(31)14-20)7-10-26(22)32-15-23(27)28(34)18-5-6-18/h7,10,12-18,21,35H,3-6,8-9,11H2,1-2H3,(H,32,33). The number of fused-ring (bicyclic) bond motifs is 1. The Morgan fingerprint density at radius 1 is 1.03 bits per heavy atom. The molecule has 0 aliphatic heterocycles. The maximum absolute atomic E-state index is 13.2. The van der Waals surface area contributed by atoms with Crippen LogP contribution in [0.4, 0.5) is 5.69 Å². The number of Topliss-reactive ketones (excluding diaryl/α,β-unsaturated/α-hetero) is 1. The predicted octanol–water partition coefficient (Wildman–Crippen LogP) is 8.52. The summed E-state index contributed by atoms with van der Waals surface area (Å²) in [4.78, 5) is 17.9. The number of nitrogens with zero attached hydrogens (tertiary/aromatic N) is 1. The highest BCUT2D eigenvalue weighted by molar-refractivity contribution is 6.37. The Kier molecular flexibility index (Phi) is 6.96. The van der Waals surface area contributed by atoms with Crippen LogP contribution in [0.25, 0.3) is 22.0 Å². The Morgan fingerprint density at radius 3 is 2.34 bits per heavy atom. The highest BCUT2D eigenvalue weighted by Crippen LogP contribution is 2.41. The van der Waals surface area contributed by atoms with Crippen LogP contribution in [-0.4, -0.2) is 21.9 Å². The molecule has 5 rings (SSSR count). The van der Waals surface area contributed by atoms with Crippen LogP contribution in [0.3, 0.4) is 0 Å². The molecular weight excluding hydrogens is 479 g/mol. The molecule has 0 unspecified atom stereocenters.